The predicted molar refractivity (Wildman–Crippen MR) is 101 cm³/mol. The topological polar surface area (TPSA) is 54.0 Å². The third-order valence-corrected chi connectivity index (χ3v) is 3.85. The second-order valence-corrected chi connectivity index (χ2v) is 5.73. The first kappa shape index (κ1) is 19.4. The molecule has 0 saturated carbocycles. The molecule has 5 heteroatoms. The third kappa shape index (κ3) is 5.02. The molecule has 0 N–H and O–H groups in total. The third-order valence-electron chi connectivity index (χ3n) is 3.85. The highest BCUT2D eigenvalue weighted by Gasteiger charge is 2.12. The Morgan fingerprint density at radius 3 is 2.19 bits per heavy atom. The van der Waals surface area contributed by atoms with Crippen molar-refractivity contribution in [2.24, 2.45) is 0 Å². The minimum absolute atomic E-state index is 0.0710. The largest absolute Gasteiger partial charge is 0.493 e. The standard InChI is InChI=1S/C21H24O5/c1-15(12-17-8-9-18(23-2)20(14-17)24-3)26-19-10-7-16(6-5-11-22)13-21(19)25-4/h5-11,13-15H,12H2,1-4H3/t15-/m1/s1. The highest BCUT2D eigenvalue weighted by atomic mass is 16.5. The van der Waals surface area contributed by atoms with Crippen LogP contribution >= 0.6 is 0 Å². The summed E-state index contributed by atoms with van der Waals surface area (Å²) in [5, 5.41) is 0. The van der Waals surface area contributed by atoms with Gasteiger partial charge in [-0.3, -0.25) is 4.79 Å². The lowest BCUT2D eigenvalue weighted by atomic mass is 10.1. The Kier molecular flexibility index (Phi) is 7.09. The van der Waals surface area contributed by atoms with Gasteiger partial charge >= 0.3 is 0 Å². The average molecular weight is 356 g/mol. The van der Waals surface area contributed by atoms with Crippen molar-refractivity contribution in [2.75, 3.05) is 21.3 Å². The fraction of sp³-hybridized carbons (Fsp3) is 0.286. The van der Waals surface area contributed by atoms with E-state index in [-0.39, 0.29) is 6.10 Å². The van der Waals surface area contributed by atoms with Crippen LogP contribution in [0.3, 0.4) is 0 Å². The second-order valence-electron chi connectivity index (χ2n) is 5.73. The summed E-state index contributed by atoms with van der Waals surface area (Å²) in [6.07, 6.45) is 4.53. The number of carbonyl (C=O) groups is 1. The van der Waals surface area contributed by atoms with Gasteiger partial charge in [-0.1, -0.05) is 18.2 Å². The summed E-state index contributed by atoms with van der Waals surface area (Å²) in [4.78, 5) is 10.4. The summed E-state index contributed by atoms with van der Waals surface area (Å²) in [5.41, 5.74) is 1.95. The van der Waals surface area contributed by atoms with Gasteiger partial charge in [0.1, 0.15) is 12.4 Å². The first-order chi connectivity index (χ1) is 12.6. The van der Waals surface area contributed by atoms with Crippen molar-refractivity contribution in [3.63, 3.8) is 0 Å². The highest BCUT2D eigenvalue weighted by Crippen LogP contribution is 2.31. The maximum Gasteiger partial charge on any atom is 0.161 e. The van der Waals surface area contributed by atoms with Gasteiger partial charge in [0.05, 0.1) is 21.3 Å². The number of ether oxygens (including phenoxy) is 4. The number of rotatable bonds is 9. The average Bonchev–Trinajstić information content (AvgIpc) is 2.66. The number of carbonyl (C=O) groups excluding carboxylic acids is 1. The molecule has 0 saturated heterocycles. The number of hydrogen-bond acceptors (Lipinski definition) is 5. The number of benzene rings is 2. The molecule has 0 bridgehead atoms. The molecule has 0 heterocycles. The van der Waals surface area contributed by atoms with Gasteiger partial charge in [-0.2, -0.15) is 0 Å². The van der Waals surface area contributed by atoms with Gasteiger partial charge in [-0.05, 0) is 48.4 Å². The summed E-state index contributed by atoms with van der Waals surface area (Å²) >= 11 is 0. The van der Waals surface area contributed by atoms with Crippen molar-refractivity contribution in [1.29, 1.82) is 0 Å². The van der Waals surface area contributed by atoms with Crippen LogP contribution in [0.5, 0.6) is 23.0 Å². The first-order valence-corrected chi connectivity index (χ1v) is 8.28. The van der Waals surface area contributed by atoms with Crippen molar-refractivity contribution in [1.82, 2.24) is 0 Å². The van der Waals surface area contributed by atoms with E-state index < -0.39 is 0 Å². The van der Waals surface area contributed by atoms with Crippen LogP contribution in [0, 0.1) is 0 Å². The Labute approximate surface area is 154 Å². The summed E-state index contributed by atoms with van der Waals surface area (Å²) in [7, 11) is 4.82. The molecule has 138 valence electrons. The molecule has 2 aromatic rings. The number of aldehydes is 1. The van der Waals surface area contributed by atoms with Crippen molar-refractivity contribution in [2.45, 2.75) is 19.4 Å². The zero-order valence-electron chi connectivity index (χ0n) is 15.5. The Balaban J connectivity index is 2.10. The zero-order chi connectivity index (χ0) is 18.9. The predicted octanol–water partition coefficient (Wildman–Crippen LogP) is 3.93. The zero-order valence-corrected chi connectivity index (χ0v) is 15.5. The van der Waals surface area contributed by atoms with Crippen LogP contribution in [0.25, 0.3) is 6.08 Å². The maximum atomic E-state index is 10.4. The van der Waals surface area contributed by atoms with Gasteiger partial charge in [0.15, 0.2) is 23.0 Å². The van der Waals surface area contributed by atoms with E-state index in [1.807, 2.05) is 43.3 Å². The highest BCUT2D eigenvalue weighted by molar-refractivity contribution is 5.74. The summed E-state index contributed by atoms with van der Waals surface area (Å²) in [6.45, 7) is 2.00. The molecular formula is C21H24O5. The lowest BCUT2D eigenvalue weighted by molar-refractivity contribution is -0.104. The van der Waals surface area contributed by atoms with E-state index in [1.165, 1.54) is 6.08 Å². The summed E-state index contributed by atoms with van der Waals surface area (Å²) < 4.78 is 22.0. The molecule has 0 amide bonds. The molecule has 0 fully saturated rings. The van der Waals surface area contributed by atoms with Gasteiger partial charge in [0.25, 0.3) is 0 Å². The molecule has 2 aromatic carbocycles. The monoisotopic (exact) mass is 356 g/mol. The minimum atomic E-state index is -0.0710. The Morgan fingerprint density at radius 1 is 0.885 bits per heavy atom. The van der Waals surface area contributed by atoms with Crippen molar-refractivity contribution < 1.29 is 23.7 Å². The number of methoxy groups -OCH3 is 3. The van der Waals surface area contributed by atoms with Crippen LogP contribution < -0.4 is 18.9 Å². The van der Waals surface area contributed by atoms with Crippen LogP contribution in [0.1, 0.15) is 18.1 Å². The fourth-order valence-corrected chi connectivity index (χ4v) is 2.63. The molecule has 0 aliphatic carbocycles. The maximum absolute atomic E-state index is 10.4. The summed E-state index contributed by atoms with van der Waals surface area (Å²) in [6, 6.07) is 11.4. The Morgan fingerprint density at radius 2 is 1.54 bits per heavy atom. The summed E-state index contributed by atoms with van der Waals surface area (Å²) in [5.74, 6) is 2.67. The van der Waals surface area contributed by atoms with Crippen LogP contribution in [0.2, 0.25) is 0 Å². The van der Waals surface area contributed by atoms with E-state index in [2.05, 4.69) is 0 Å². The Hall–Kier alpha value is -2.95. The van der Waals surface area contributed by atoms with Crippen LogP contribution in [0.15, 0.2) is 42.5 Å². The van der Waals surface area contributed by atoms with Crippen molar-refractivity contribution in [3.8, 4) is 23.0 Å². The SMILES string of the molecule is COc1ccc(C[C@@H](C)Oc2ccc(C=CC=O)cc2OC)cc1OC. The van der Waals surface area contributed by atoms with E-state index in [4.69, 9.17) is 18.9 Å². The molecule has 0 aromatic heterocycles. The lowest BCUT2D eigenvalue weighted by Gasteiger charge is -2.18. The quantitative estimate of drug-likeness (QED) is 0.503. The molecule has 26 heavy (non-hydrogen) atoms. The van der Waals surface area contributed by atoms with E-state index in [0.29, 0.717) is 29.4 Å². The smallest absolute Gasteiger partial charge is 0.161 e. The lowest BCUT2D eigenvalue weighted by Crippen LogP contribution is -2.15. The molecule has 0 spiro atoms. The molecular weight excluding hydrogens is 332 g/mol. The van der Waals surface area contributed by atoms with E-state index in [0.717, 1.165) is 17.4 Å². The van der Waals surface area contributed by atoms with Gasteiger partial charge in [0.2, 0.25) is 0 Å². The Bertz CT molecular complexity index is 767. The van der Waals surface area contributed by atoms with Crippen LogP contribution in [-0.2, 0) is 11.2 Å². The van der Waals surface area contributed by atoms with Crippen molar-refractivity contribution in [3.05, 3.63) is 53.6 Å². The van der Waals surface area contributed by atoms with Gasteiger partial charge in [-0.25, -0.2) is 0 Å². The first-order valence-electron chi connectivity index (χ1n) is 8.28. The van der Waals surface area contributed by atoms with E-state index >= 15 is 0 Å². The molecule has 5 nitrogen and oxygen atoms in total. The van der Waals surface area contributed by atoms with Crippen molar-refractivity contribution >= 4 is 12.4 Å². The normalized spacial score (nSPS) is 11.8. The minimum Gasteiger partial charge on any atom is -0.493 e. The molecule has 0 radical (unpaired) electrons. The second kappa shape index (κ2) is 9.51. The van der Waals surface area contributed by atoms with E-state index in [9.17, 15) is 4.79 Å². The molecule has 0 aliphatic heterocycles. The van der Waals surface area contributed by atoms with Gasteiger partial charge in [-0.15, -0.1) is 0 Å². The molecule has 0 aliphatic rings. The molecule has 1 atom stereocenters. The van der Waals surface area contributed by atoms with Crippen LogP contribution in [0.4, 0.5) is 0 Å². The molecule has 0 unspecified atom stereocenters. The van der Waals surface area contributed by atoms with Gasteiger partial charge < -0.3 is 18.9 Å². The fourth-order valence-electron chi connectivity index (χ4n) is 2.63. The number of allylic oxidation sites excluding steroid dienone is 1. The van der Waals surface area contributed by atoms with Gasteiger partial charge in [0, 0.05) is 6.42 Å². The number of hydrogen-bond donors (Lipinski definition) is 0. The van der Waals surface area contributed by atoms with Crippen LogP contribution in [-0.4, -0.2) is 33.7 Å². The molecule has 2 rings (SSSR count). The van der Waals surface area contributed by atoms with E-state index in [1.54, 1.807) is 27.4 Å².